The van der Waals surface area contributed by atoms with Gasteiger partial charge in [-0.05, 0) is 36.8 Å². The molecule has 0 fully saturated rings. The third kappa shape index (κ3) is 3.00. The van der Waals surface area contributed by atoms with Crippen LogP contribution in [-0.4, -0.2) is 6.54 Å². The zero-order chi connectivity index (χ0) is 15.4. The summed E-state index contributed by atoms with van der Waals surface area (Å²) in [5, 5.41) is 0. The molecular weight excluding hydrogens is 286 g/mol. The number of fused-ring (bicyclic) bond motifs is 2. The van der Waals surface area contributed by atoms with Crippen LogP contribution in [0.15, 0.2) is 52.3 Å². The minimum Gasteiger partial charge on any atom is -0.340 e. The highest BCUT2D eigenvalue weighted by Gasteiger charge is 2.22. The molecule has 112 valence electrons. The molecule has 2 aromatic carbocycles. The molecule has 0 bridgehead atoms. The fourth-order valence-electron chi connectivity index (χ4n) is 2.86. The van der Waals surface area contributed by atoms with Gasteiger partial charge >= 0.3 is 0 Å². The third-order valence-corrected chi connectivity index (χ3v) is 5.14. The molecule has 2 heteroatoms. The van der Waals surface area contributed by atoms with Crippen molar-refractivity contribution in [2.24, 2.45) is 0 Å². The van der Waals surface area contributed by atoms with Crippen LogP contribution in [0.2, 0.25) is 0 Å². The van der Waals surface area contributed by atoms with Gasteiger partial charge in [-0.2, -0.15) is 0 Å². The second-order valence-electron chi connectivity index (χ2n) is 5.61. The molecule has 2 aromatic rings. The Bertz CT molecular complexity index is 699. The fraction of sp³-hybridized carbons (Fsp3) is 0.300. The Kier molecular flexibility index (Phi) is 4.75. The first-order valence-electron chi connectivity index (χ1n) is 7.98. The molecule has 0 amide bonds. The summed E-state index contributed by atoms with van der Waals surface area (Å²) in [5.74, 6) is 2.74. The molecule has 0 saturated heterocycles. The molecule has 1 heterocycles. The van der Waals surface area contributed by atoms with Crippen molar-refractivity contribution in [1.29, 1.82) is 0 Å². The summed E-state index contributed by atoms with van der Waals surface area (Å²) in [7, 11) is 0. The minimum atomic E-state index is 0.955. The number of unbranched alkanes of at least 4 members (excludes halogenated alkanes) is 3. The Morgan fingerprint density at radius 3 is 2.64 bits per heavy atom. The standard InChI is InChI=1S/C20H21NS/c1-3-5-6-9-14-21-17-10-7-8-11-19(17)22-20-15-16(4-2)12-13-18(20)21/h2,7-8,10-13,15H,3,5-6,9,14H2,1H3. The summed E-state index contributed by atoms with van der Waals surface area (Å²) in [6, 6.07) is 15.0. The molecule has 22 heavy (non-hydrogen) atoms. The Morgan fingerprint density at radius 2 is 1.82 bits per heavy atom. The largest absolute Gasteiger partial charge is 0.340 e. The molecule has 0 radical (unpaired) electrons. The Labute approximate surface area is 137 Å². The molecule has 1 nitrogen and oxygen atoms in total. The van der Waals surface area contributed by atoms with E-state index >= 15 is 0 Å². The van der Waals surface area contributed by atoms with E-state index in [9.17, 15) is 0 Å². The lowest BCUT2D eigenvalue weighted by molar-refractivity contribution is 0.665. The third-order valence-electron chi connectivity index (χ3n) is 4.03. The number of anilines is 2. The summed E-state index contributed by atoms with van der Waals surface area (Å²) in [4.78, 5) is 5.04. The Hall–Kier alpha value is -1.85. The number of hydrogen-bond donors (Lipinski definition) is 0. The first kappa shape index (κ1) is 15.1. The normalized spacial score (nSPS) is 12.5. The van der Waals surface area contributed by atoms with Crippen molar-refractivity contribution in [3.05, 3.63) is 48.0 Å². The smallest absolute Gasteiger partial charge is 0.0553 e. The maximum Gasteiger partial charge on any atom is 0.0553 e. The molecule has 0 aliphatic carbocycles. The number of nitrogens with zero attached hydrogens (tertiary/aromatic N) is 1. The first-order valence-corrected chi connectivity index (χ1v) is 8.80. The average molecular weight is 307 g/mol. The fourth-order valence-corrected chi connectivity index (χ4v) is 4.00. The molecule has 1 aliphatic heterocycles. The molecule has 3 rings (SSSR count). The molecule has 0 saturated carbocycles. The van der Waals surface area contributed by atoms with Gasteiger partial charge in [-0.25, -0.2) is 0 Å². The molecule has 0 atom stereocenters. The van der Waals surface area contributed by atoms with Crippen molar-refractivity contribution in [1.82, 2.24) is 0 Å². The van der Waals surface area contributed by atoms with Gasteiger partial charge in [-0.15, -0.1) is 6.42 Å². The summed E-state index contributed by atoms with van der Waals surface area (Å²) in [5.41, 5.74) is 3.57. The van der Waals surface area contributed by atoms with Crippen molar-refractivity contribution < 1.29 is 0 Å². The quantitative estimate of drug-likeness (QED) is 0.503. The average Bonchev–Trinajstić information content (AvgIpc) is 2.57. The van der Waals surface area contributed by atoms with Crippen molar-refractivity contribution in [3.8, 4) is 12.3 Å². The van der Waals surface area contributed by atoms with Gasteiger partial charge in [-0.1, -0.05) is 56.0 Å². The summed E-state index contributed by atoms with van der Waals surface area (Å²) < 4.78 is 0. The maximum atomic E-state index is 5.55. The molecule has 0 N–H and O–H groups in total. The van der Waals surface area contributed by atoms with Gasteiger partial charge < -0.3 is 4.90 Å². The van der Waals surface area contributed by atoms with E-state index in [0.717, 1.165) is 12.1 Å². The van der Waals surface area contributed by atoms with Gasteiger partial charge in [-0.3, -0.25) is 0 Å². The summed E-state index contributed by atoms with van der Waals surface area (Å²) in [6.45, 7) is 3.32. The van der Waals surface area contributed by atoms with E-state index in [0.29, 0.717) is 0 Å². The van der Waals surface area contributed by atoms with Gasteiger partial charge in [0.2, 0.25) is 0 Å². The summed E-state index contributed by atoms with van der Waals surface area (Å²) >= 11 is 1.82. The Balaban J connectivity index is 1.92. The van der Waals surface area contributed by atoms with Gasteiger partial charge in [0.15, 0.2) is 0 Å². The van der Waals surface area contributed by atoms with Crippen LogP contribution in [-0.2, 0) is 0 Å². The monoisotopic (exact) mass is 307 g/mol. The van der Waals surface area contributed by atoms with Crippen molar-refractivity contribution in [2.45, 2.75) is 42.4 Å². The Morgan fingerprint density at radius 1 is 1.00 bits per heavy atom. The molecule has 0 spiro atoms. The first-order chi connectivity index (χ1) is 10.8. The van der Waals surface area contributed by atoms with Crippen molar-refractivity contribution in [2.75, 3.05) is 11.4 Å². The number of terminal acetylenes is 1. The van der Waals surface area contributed by atoms with Crippen LogP contribution in [0.5, 0.6) is 0 Å². The van der Waals surface area contributed by atoms with Crippen LogP contribution < -0.4 is 4.90 Å². The van der Waals surface area contributed by atoms with Crippen LogP contribution in [0.25, 0.3) is 0 Å². The van der Waals surface area contributed by atoms with E-state index in [1.54, 1.807) is 0 Å². The van der Waals surface area contributed by atoms with E-state index < -0.39 is 0 Å². The highest BCUT2D eigenvalue weighted by Crippen LogP contribution is 2.48. The van der Waals surface area contributed by atoms with Gasteiger partial charge in [0, 0.05) is 21.9 Å². The number of rotatable bonds is 5. The van der Waals surface area contributed by atoms with Crippen LogP contribution in [0.3, 0.4) is 0 Å². The van der Waals surface area contributed by atoms with E-state index in [1.165, 1.54) is 46.8 Å². The zero-order valence-electron chi connectivity index (χ0n) is 13.0. The second-order valence-corrected chi connectivity index (χ2v) is 6.69. The SMILES string of the molecule is C#Cc1ccc2c(c1)Sc1ccccc1N2CCCCCC. The highest BCUT2D eigenvalue weighted by atomic mass is 32.2. The molecule has 0 aromatic heterocycles. The van der Waals surface area contributed by atoms with Crippen LogP contribution in [0.4, 0.5) is 11.4 Å². The van der Waals surface area contributed by atoms with E-state index in [-0.39, 0.29) is 0 Å². The van der Waals surface area contributed by atoms with Crippen molar-refractivity contribution in [3.63, 3.8) is 0 Å². The number of hydrogen-bond acceptors (Lipinski definition) is 2. The predicted molar refractivity (Wildman–Crippen MR) is 96.1 cm³/mol. The minimum absolute atomic E-state index is 0.955. The second kappa shape index (κ2) is 6.94. The summed E-state index contributed by atoms with van der Waals surface area (Å²) in [6.07, 6.45) is 10.7. The van der Waals surface area contributed by atoms with Crippen LogP contribution in [0.1, 0.15) is 38.2 Å². The number of benzene rings is 2. The van der Waals surface area contributed by atoms with Gasteiger partial charge in [0.25, 0.3) is 0 Å². The van der Waals surface area contributed by atoms with Crippen LogP contribution >= 0.6 is 11.8 Å². The highest BCUT2D eigenvalue weighted by molar-refractivity contribution is 7.99. The van der Waals surface area contributed by atoms with E-state index in [1.807, 2.05) is 17.8 Å². The zero-order valence-corrected chi connectivity index (χ0v) is 13.8. The topological polar surface area (TPSA) is 3.24 Å². The maximum absolute atomic E-state index is 5.55. The van der Waals surface area contributed by atoms with Gasteiger partial charge in [0.1, 0.15) is 0 Å². The molecule has 1 aliphatic rings. The van der Waals surface area contributed by atoms with E-state index in [4.69, 9.17) is 6.42 Å². The van der Waals surface area contributed by atoms with Crippen molar-refractivity contribution >= 4 is 23.1 Å². The van der Waals surface area contributed by atoms with E-state index in [2.05, 4.69) is 54.1 Å². The lowest BCUT2D eigenvalue weighted by Gasteiger charge is -2.33. The van der Waals surface area contributed by atoms with Crippen LogP contribution in [0, 0.1) is 12.3 Å². The predicted octanol–water partition coefficient (Wildman–Crippen LogP) is 5.85. The van der Waals surface area contributed by atoms with Gasteiger partial charge in [0.05, 0.1) is 11.4 Å². The lowest BCUT2D eigenvalue weighted by Crippen LogP contribution is -2.22. The molecule has 0 unspecified atom stereocenters. The number of para-hydroxylation sites is 1. The lowest BCUT2D eigenvalue weighted by atomic mass is 10.1. The molecular formula is C20H21NS.